The van der Waals surface area contributed by atoms with Crippen molar-refractivity contribution < 1.29 is 42.9 Å². The van der Waals surface area contributed by atoms with E-state index in [-0.39, 0.29) is 38.6 Å². The van der Waals surface area contributed by atoms with Gasteiger partial charge in [-0.25, -0.2) is 4.79 Å². The van der Waals surface area contributed by atoms with Crippen LogP contribution in [0.2, 0.25) is 0 Å². The number of carbonyl (C=O) groups is 3. The van der Waals surface area contributed by atoms with E-state index in [1.54, 1.807) is 0 Å². The highest BCUT2D eigenvalue weighted by molar-refractivity contribution is 5.71. The van der Waals surface area contributed by atoms with Crippen LogP contribution in [0.5, 0.6) is 0 Å². The predicted molar refractivity (Wildman–Crippen MR) is 373 cm³/mol. The van der Waals surface area contributed by atoms with Gasteiger partial charge in [-0.1, -0.05) is 281 Å². The van der Waals surface area contributed by atoms with Crippen LogP contribution in [-0.2, 0) is 33.3 Å². The van der Waals surface area contributed by atoms with Crippen molar-refractivity contribution in [3.05, 3.63) is 158 Å². The van der Waals surface area contributed by atoms with E-state index in [2.05, 4.69) is 172 Å². The van der Waals surface area contributed by atoms with Crippen molar-refractivity contribution in [1.29, 1.82) is 0 Å². The second-order valence-corrected chi connectivity index (χ2v) is 23.7. The number of nitrogens with zero attached hydrogens (tertiary/aromatic N) is 1. The van der Waals surface area contributed by atoms with E-state index in [0.29, 0.717) is 17.4 Å². The number of rotatable bonds is 62. The van der Waals surface area contributed by atoms with E-state index in [0.717, 1.165) is 135 Å². The molecule has 87 heavy (non-hydrogen) atoms. The van der Waals surface area contributed by atoms with Crippen LogP contribution in [0.25, 0.3) is 0 Å². The van der Waals surface area contributed by atoms with Gasteiger partial charge in [-0.15, -0.1) is 0 Å². The first kappa shape index (κ1) is 81.9. The van der Waals surface area contributed by atoms with Gasteiger partial charge in [-0.2, -0.15) is 0 Å². The summed E-state index contributed by atoms with van der Waals surface area (Å²) in [4.78, 5) is 37.6. The molecular weight excluding hydrogens is 1080 g/mol. The molecule has 0 spiro atoms. The Hall–Kier alpha value is -5.09. The number of hydrogen-bond acceptors (Lipinski definition) is 7. The molecule has 0 aliphatic carbocycles. The highest BCUT2D eigenvalue weighted by Gasteiger charge is 2.25. The number of likely N-dealkylation sites (N-methyl/N-ethyl adjacent to an activating group) is 1. The Morgan fingerprint density at radius 3 is 0.920 bits per heavy atom. The van der Waals surface area contributed by atoms with Crippen molar-refractivity contribution in [3.63, 3.8) is 0 Å². The monoisotopic (exact) mass is 1210 g/mol. The van der Waals surface area contributed by atoms with E-state index in [1.165, 1.54) is 89.9 Å². The van der Waals surface area contributed by atoms with Gasteiger partial charge in [0.15, 0.2) is 6.10 Å². The van der Waals surface area contributed by atoms with Gasteiger partial charge >= 0.3 is 17.9 Å². The molecule has 0 radical (unpaired) electrons. The Balaban J connectivity index is 4.17. The smallest absolute Gasteiger partial charge is 0.361 e. The van der Waals surface area contributed by atoms with Crippen LogP contribution >= 0.6 is 0 Å². The molecule has 0 rings (SSSR count). The Kier molecular flexibility index (Phi) is 62.9. The van der Waals surface area contributed by atoms with Crippen LogP contribution in [0.1, 0.15) is 258 Å². The van der Waals surface area contributed by atoms with Crippen LogP contribution in [0.3, 0.4) is 0 Å². The van der Waals surface area contributed by atoms with E-state index < -0.39 is 24.3 Å². The number of carbonyl (C=O) groups excluding carboxylic acids is 2. The van der Waals surface area contributed by atoms with E-state index in [1.807, 2.05) is 21.1 Å². The molecule has 0 saturated carbocycles. The molecule has 0 amide bonds. The van der Waals surface area contributed by atoms with Crippen LogP contribution in [-0.4, -0.2) is 87.4 Å². The summed E-state index contributed by atoms with van der Waals surface area (Å²) in [6.07, 6.45) is 96.3. The maximum absolute atomic E-state index is 12.9. The number of aliphatic carboxylic acids is 1. The molecule has 0 aromatic rings. The molecule has 0 bridgehead atoms. The van der Waals surface area contributed by atoms with Crippen molar-refractivity contribution in [2.75, 3.05) is 47.5 Å². The number of allylic oxidation sites excluding steroid dienone is 26. The van der Waals surface area contributed by atoms with Gasteiger partial charge in [0.2, 0.25) is 0 Å². The first-order chi connectivity index (χ1) is 42.6. The minimum absolute atomic E-state index is 0.179. The first-order valence-corrected chi connectivity index (χ1v) is 34.6. The summed E-state index contributed by atoms with van der Waals surface area (Å²) in [6, 6.07) is 0. The van der Waals surface area contributed by atoms with Crippen LogP contribution in [0, 0.1) is 0 Å². The summed E-state index contributed by atoms with van der Waals surface area (Å²) >= 11 is 0. The number of ether oxygens (including phenoxy) is 4. The molecule has 9 heteroatoms. The maximum atomic E-state index is 12.9. The highest BCUT2D eigenvalue weighted by atomic mass is 16.7. The van der Waals surface area contributed by atoms with Gasteiger partial charge in [0.25, 0.3) is 6.29 Å². The maximum Gasteiger partial charge on any atom is 0.361 e. The molecule has 0 aromatic carbocycles. The molecule has 2 unspecified atom stereocenters. The highest BCUT2D eigenvalue weighted by Crippen LogP contribution is 2.16. The van der Waals surface area contributed by atoms with E-state index in [4.69, 9.17) is 18.9 Å². The number of unbranched alkanes of at least 4 members (excludes halogenated alkanes) is 21. The fourth-order valence-electron chi connectivity index (χ4n) is 9.06. The Labute approximate surface area is 534 Å². The first-order valence-electron chi connectivity index (χ1n) is 34.6. The molecule has 0 aliphatic heterocycles. The van der Waals surface area contributed by atoms with Crippen LogP contribution in [0.15, 0.2) is 158 Å². The van der Waals surface area contributed by atoms with Crippen LogP contribution in [0.4, 0.5) is 0 Å². The van der Waals surface area contributed by atoms with Gasteiger partial charge < -0.3 is 28.5 Å². The molecular formula is C78H128NO8+. The molecule has 9 nitrogen and oxygen atoms in total. The quantitative estimate of drug-likeness (QED) is 0.0211. The van der Waals surface area contributed by atoms with Gasteiger partial charge in [0.1, 0.15) is 13.2 Å². The number of carboxylic acids is 1. The van der Waals surface area contributed by atoms with Gasteiger partial charge in [-0.05, 0) is 122 Å². The number of carboxylic acid groups (broad SMARTS) is 1. The topological polar surface area (TPSA) is 108 Å². The number of esters is 2. The zero-order valence-electron chi connectivity index (χ0n) is 56.1. The average molecular weight is 1210 g/mol. The Bertz CT molecular complexity index is 1990. The zero-order valence-corrected chi connectivity index (χ0v) is 56.1. The molecule has 1 N–H and O–H groups in total. The van der Waals surface area contributed by atoms with Crippen molar-refractivity contribution in [2.24, 2.45) is 0 Å². The third kappa shape index (κ3) is 68.3. The molecule has 0 fully saturated rings. The molecule has 0 heterocycles. The zero-order chi connectivity index (χ0) is 63.3. The normalized spacial score (nSPS) is 13.7. The lowest BCUT2D eigenvalue weighted by atomic mass is 10.0. The fourth-order valence-corrected chi connectivity index (χ4v) is 9.06. The number of hydrogen-bond donors (Lipinski definition) is 1. The van der Waals surface area contributed by atoms with Crippen LogP contribution < -0.4 is 0 Å². The average Bonchev–Trinajstić information content (AvgIpc) is 3.57. The lowest BCUT2D eigenvalue weighted by Crippen LogP contribution is -2.40. The summed E-state index contributed by atoms with van der Waals surface area (Å²) in [5.41, 5.74) is 0. The second-order valence-electron chi connectivity index (χ2n) is 23.7. The van der Waals surface area contributed by atoms with Crippen molar-refractivity contribution in [2.45, 2.75) is 270 Å². The van der Waals surface area contributed by atoms with Gasteiger partial charge in [-0.3, -0.25) is 9.59 Å². The Morgan fingerprint density at radius 2 is 0.621 bits per heavy atom. The summed E-state index contributed by atoms with van der Waals surface area (Å²) in [5.74, 6) is -2.03. The SMILES string of the molecule is CC/C=C\C/C=C\C/C=C\C/C=C\C/C=C\C/C=C\C/C=C\C/C=C\CCCCCCCCCCCCCCC(=O)OC(COC(=O)CCCCCCCCCCC/C=C\C/C=C\C/C=C\C/C=C\C/C=C\CC)COC(OCC[N+](C)(C)C)C(=O)O. The molecule has 492 valence electrons. The van der Waals surface area contributed by atoms with Crippen molar-refractivity contribution >= 4 is 17.9 Å². The summed E-state index contributed by atoms with van der Waals surface area (Å²) in [6.45, 7) is 4.63. The van der Waals surface area contributed by atoms with Crippen molar-refractivity contribution in [1.82, 2.24) is 0 Å². The molecule has 0 saturated heterocycles. The molecule has 0 aromatic heterocycles. The van der Waals surface area contributed by atoms with E-state index >= 15 is 0 Å². The van der Waals surface area contributed by atoms with Gasteiger partial charge in [0, 0.05) is 12.8 Å². The Morgan fingerprint density at radius 1 is 0.345 bits per heavy atom. The van der Waals surface area contributed by atoms with Gasteiger partial charge in [0.05, 0.1) is 34.4 Å². The lowest BCUT2D eigenvalue weighted by Gasteiger charge is -2.25. The third-order valence-electron chi connectivity index (χ3n) is 14.3. The standard InChI is InChI=1S/C78H127NO8/c1-6-8-10-12-14-16-18-20-22-24-26-28-30-32-33-34-35-36-37-38-39-40-41-42-43-45-47-49-51-53-55-57-59-61-63-65-67-69-76(81)87-74(73-86-78(77(82)83)84-71-70-79(3,4)5)72-85-75(80)68-66-64-62-60-58-56-54-52-50-48-46-44-31-29-27-25-23-21-19-17-15-13-11-9-7-2/h8-11,14-17,20-23,26-29,32-33,35-36,38-39,41-42,44,46,74,78H,6-7,12-13,18-19,24-25,30-31,34,37,40,43,45,47-73H2,1-5H3/p+1/b10-8-,11-9-,16-14-,17-15-,22-20-,23-21-,28-26-,29-27-,33-32-,36-35-,39-38-,42-41-,46-44-. The molecule has 0 aliphatic rings. The predicted octanol–water partition coefficient (Wildman–Crippen LogP) is 21.7. The van der Waals surface area contributed by atoms with Crippen molar-refractivity contribution in [3.8, 4) is 0 Å². The third-order valence-corrected chi connectivity index (χ3v) is 14.3. The largest absolute Gasteiger partial charge is 0.477 e. The van der Waals surface area contributed by atoms with E-state index in [9.17, 15) is 19.5 Å². The summed E-state index contributed by atoms with van der Waals surface area (Å²) < 4.78 is 23.0. The lowest BCUT2D eigenvalue weighted by molar-refractivity contribution is -0.870. The summed E-state index contributed by atoms with van der Waals surface area (Å²) in [5, 5.41) is 9.75. The fraction of sp³-hybridized carbons (Fsp3) is 0.628. The minimum atomic E-state index is -1.52. The minimum Gasteiger partial charge on any atom is -0.477 e. The second kappa shape index (κ2) is 66.9. The molecule has 2 atom stereocenters. The number of quaternary nitrogens is 1. The summed E-state index contributed by atoms with van der Waals surface area (Å²) in [7, 11) is 5.97.